The molecular formula is C12H16N4OS. The van der Waals surface area contributed by atoms with Crippen molar-refractivity contribution in [3.63, 3.8) is 0 Å². The Labute approximate surface area is 109 Å². The molecule has 0 bridgehead atoms. The Morgan fingerprint density at radius 3 is 3.22 bits per heavy atom. The molecule has 1 aliphatic carbocycles. The molecule has 0 aromatic carbocycles. The zero-order chi connectivity index (χ0) is 12.4. The maximum Gasteiger partial charge on any atom is 0.221 e. The predicted octanol–water partition coefficient (Wildman–Crippen LogP) is 1.15. The van der Waals surface area contributed by atoms with E-state index in [0.717, 1.165) is 23.5 Å². The number of nitrogens with zero attached hydrogens (tertiary/aromatic N) is 2. The lowest BCUT2D eigenvalue weighted by molar-refractivity contribution is -0.121. The van der Waals surface area contributed by atoms with E-state index in [4.69, 9.17) is 0 Å². The standard InChI is InChI=1S/C12H16N4OS/c17-11(14-9-1-2-9)3-4-13-7-10-8-16-5-6-18-12(16)15-10/h5-6,8-9,13H,1-4,7H2,(H,14,17). The van der Waals surface area contributed by atoms with Gasteiger partial charge in [0.1, 0.15) is 0 Å². The Kier molecular flexibility index (Phi) is 3.29. The number of carbonyl (C=O) groups excluding carboxylic acids is 1. The van der Waals surface area contributed by atoms with E-state index in [1.807, 2.05) is 22.2 Å². The zero-order valence-electron chi connectivity index (χ0n) is 10.1. The van der Waals surface area contributed by atoms with Gasteiger partial charge in [-0.2, -0.15) is 0 Å². The third-order valence-corrected chi connectivity index (χ3v) is 3.69. The van der Waals surface area contributed by atoms with Crippen LogP contribution in [0.15, 0.2) is 17.8 Å². The van der Waals surface area contributed by atoms with Crippen LogP contribution in [0.3, 0.4) is 0 Å². The van der Waals surface area contributed by atoms with Crippen molar-refractivity contribution in [2.24, 2.45) is 0 Å². The van der Waals surface area contributed by atoms with Gasteiger partial charge in [-0.1, -0.05) is 0 Å². The fourth-order valence-corrected chi connectivity index (χ4v) is 2.53. The summed E-state index contributed by atoms with van der Waals surface area (Å²) < 4.78 is 2.02. The van der Waals surface area contributed by atoms with Crippen LogP contribution in [0, 0.1) is 0 Å². The molecule has 6 heteroatoms. The minimum atomic E-state index is 0.149. The number of amides is 1. The van der Waals surface area contributed by atoms with E-state index in [0.29, 0.717) is 25.6 Å². The molecule has 96 valence electrons. The minimum Gasteiger partial charge on any atom is -0.353 e. The van der Waals surface area contributed by atoms with Crippen LogP contribution in [-0.2, 0) is 11.3 Å². The summed E-state index contributed by atoms with van der Waals surface area (Å²) in [7, 11) is 0. The smallest absolute Gasteiger partial charge is 0.221 e. The van der Waals surface area contributed by atoms with Crippen LogP contribution in [0.25, 0.3) is 4.96 Å². The molecule has 1 aliphatic rings. The first kappa shape index (κ1) is 11.7. The van der Waals surface area contributed by atoms with Gasteiger partial charge in [-0.3, -0.25) is 9.20 Å². The number of thiazole rings is 1. The molecule has 0 saturated heterocycles. The van der Waals surface area contributed by atoms with Gasteiger partial charge in [-0.15, -0.1) is 11.3 Å². The highest BCUT2D eigenvalue weighted by atomic mass is 32.1. The number of nitrogens with one attached hydrogen (secondary N) is 2. The normalized spacial score (nSPS) is 15.1. The van der Waals surface area contributed by atoms with Gasteiger partial charge in [0.15, 0.2) is 4.96 Å². The highest BCUT2D eigenvalue weighted by Gasteiger charge is 2.22. The summed E-state index contributed by atoms with van der Waals surface area (Å²) in [4.78, 5) is 16.9. The summed E-state index contributed by atoms with van der Waals surface area (Å²) in [6.45, 7) is 1.41. The maximum absolute atomic E-state index is 11.4. The Bertz CT molecular complexity index is 515. The first-order chi connectivity index (χ1) is 8.81. The molecule has 0 spiro atoms. The zero-order valence-corrected chi connectivity index (χ0v) is 10.9. The lowest BCUT2D eigenvalue weighted by Gasteiger charge is -2.03. The largest absolute Gasteiger partial charge is 0.353 e. The minimum absolute atomic E-state index is 0.149. The van der Waals surface area contributed by atoms with Crippen molar-refractivity contribution in [1.29, 1.82) is 0 Å². The number of rotatable bonds is 6. The molecule has 0 unspecified atom stereocenters. The SMILES string of the molecule is O=C(CCNCc1cn2ccsc2n1)NC1CC1. The first-order valence-corrected chi connectivity index (χ1v) is 7.10. The van der Waals surface area contributed by atoms with Crippen LogP contribution in [0.4, 0.5) is 0 Å². The van der Waals surface area contributed by atoms with Crippen molar-refractivity contribution in [2.75, 3.05) is 6.54 Å². The average molecular weight is 264 g/mol. The van der Waals surface area contributed by atoms with Crippen LogP contribution in [0.5, 0.6) is 0 Å². The van der Waals surface area contributed by atoms with Crippen LogP contribution < -0.4 is 10.6 Å². The molecule has 0 atom stereocenters. The second-order valence-corrected chi connectivity index (χ2v) is 5.47. The maximum atomic E-state index is 11.4. The van der Waals surface area contributed by atoms with Crippen LogP contribution in [0.1, 0.15) is 25.0 Å². The summed E-state index contributed by atoms with van der Waals surface area (Å²) in [5.74, 6) is 0.149. The number of carbonyl (C=O) groups is 1. The molecule has 3 rings (SSSR count). The number of aromatic nitrogens is 2. The Balaban J connectivity index is 1.38. The molecule has 1 fully saturated rings. The van der Waals surface area contributed by atoms with E-state index in [2.05, 4.69) is 15.6 Å². The summed E-state index contributed by atoms with van der Waals surface area (Å²) in [5.41, 5.74) is 1.02. The summed E-state index contributed by atoms with van der Waals surface area (Å²) in [6, 6.07) is 0.456. The van der Waals surface area contributed by atoms with Gasteiger partial charge in [0, 0.05) is 43.3 Å². The molecule has 2 aromatic rings. The van der Waals surface area contributed by atoms with Crippen molar-refractivity contribution in [2.45, 2.75) is 31.8 Å². The molecule has 2 heterocycles. The van der Waals surface area contributed by atoms with E-state index in [1.54, 1.807) is 11.3 Å². The monoisotopic (exact) mass is 264 g/mol. The fourth-order valence-electron chi connectivity index (χ4n) is 1.81. The van der Waals surface area contributed by atoms with E-state index >= 15 is 0 Å². The number of hydrogen-bond donors (Lipinski definition) is 2. The predicted molar refractivity (Wildman–Crippen MR) is 70.6 cm³/mol. The van der Waals surface area contributed by atoms with E-state index < -0.39 is 0 Å². The highest BCUT2D eigenvalue weighted by Crippen LogP contribution is 2.18. The Morgan fingerprint density at radius 2 is 2.44 bits per heavy atom. The number of hydrogen-bond acceptors (Lipinski definition) is 4. The first-order valence-electron chi connectivity index (χ1n) is 6.22. The van der Waals surface area contributed by atoms with Gasteiger partial charge in [-0.25, -0.2) is 4.98 Å². The summed E-state index contributed by atoms with van der Waals surface area (Å²) in [5, 5.41) is 8.23. The highest BCUT2D eigenvalue weighted by molar-refractivity contribution is 7.15. The van der Waals surface area contributed by atoms with Gasteiger partial charge in [0.25, 0.3) is 0 Å². The Hall–Kier alpha value is -1.40. The van der Waals surface area contributed by atoms with Gasteiger partial charge in [0.05, 0.1) is 5.69 Å². The van der Waals surface area contributed by atoms with Gasteiger partial charge >= 0.3 is 0 Å². The molecule has 2 N–H and O–H groups in total. The van der Waals surface area contributed by atoms with E-state index in [1.165, 1.54) is 0 Å². The molecule has 18 heavy (non-hydrogen) atoms. The van der Waals surface area contributed by atoms with Crippen molar-refractivity contribution in [3.05, 3.63) is 23.5 Å². The van der Waals surface area contributed by atoms with Crippen LogP contribution in [0.2, 0.25) is 0 Å². The van der Waals surface area contributed by atoms with Crippen molar-refractivity contribution >= 4 is 22.2 Å². The van der Waals surface area contributed by atoms with Crippen molar-refractivity contribution < 1.29 is 4.79 Å². The van der Waals surface area contributed by atoms with Crippen LogP contribution in [-0.4, -0.2) is 27.9 Å². The average Bonchev–Trinajstić information content (AvgIpc) is 2.89. The molecule has 1 saturated carbocycles. The second-order valence-electron chi connectivity index (χ2n) is 4.59. The fraction of sp³-hybridized carbons (Fsp3) is 0.500. The molecule has 1 amide bonds. The number of imidazole rings is 1. The van der Waals surface area contributed by atoms with Crippen molar-refractivity contribution in [3.8, 4) is 0 Å². The van der Waals surface area contributed by atoms with Crippen molar-refractivity contribution in [1.82, 2.24) is 20.0 Å². The third kappa shape index (κ3) is 2.88. The number of fused-ring (bicyclic) bond motifs is 1. The lowest BCUT2D eigenvalue weighted by Crippen LogP contribution is -2.29. The lowest BCUT2D eigenvalue weighted by atomic mass is 10.3. The Morgan fingerprint density at radius 1 is 1.56 bits per heavy atom. The molecule has 2 aromatic heterocycles. The van der Waals surface area contributed by atoms with E-state index in [9.17, 15) is 4.79 Å². The van der Waals surface area contributed by atoms with E-state index in [-0.39, 0.29) is 5.91 Å². The van der Waals surface area contributed by atoms with Gasteiger partial charge < -0.3 is 10.6 Å². The summed E-state index contributed by atoms with van der Waals surface area (Å²) in [6.07, 6.45) is 6.84. The molecular weight excluding hydrogens is 248 g/mol. The third-order valence-electron chi connectivity index (χ3n) is 2.92. The summed E-state index contributed by atoms with van der Waals surface area (Å²) >= 11 is 1.63. The van der Waals surface area contributed by atoms with Crippen LogP contribution >= 0.6 is 11.3 Å². The molecule has 0 radical (unpaired) electrons. The molecule has 0 aliphatic heterocycles. The quantitative estimate of drug-likeness (QED) is 0.770. The second kappa shape index (κ2) is 5.07. The van der Waals surface area contributed by atoms with Gasteiger partial charge in [0.2, 0.25) is 5.91 Å². The topological polar surface area (TPSA) is 58.4 Å². The van der Waals surface area contributed by atoms with Gasteiger partial charge in [-0.05, 0) is 12.8 Å². The molecule has 5 nitrogen and oxygen atoms in total.